The van der Waals surface area contributed by atoms with E-state index in [1.807, 2.05) is 60.5 Å². The second-order valence-electron chi connectivity index (χ2n) is 7.75. The van der Waals surface area contributed by atoms with Crippen molar-refractivity contribution in [1.29, 1.82) is 0 Å². The lowest BCUT2D eigenvalue weighted by atomic mass is 9.93. The molecule has 4 rings (SSSR count). The van der Waals surface area contributed by atoms with Crippen LogP contribution >= 0.6 is 0 Å². The molecule has 1 aliphatic heterocycles. The molecular formula is C23H28N2O3. The first kappa shape index (κ1) is 18.8. The molecule has 1 aliphatic carbocycles. The highest BCUT2D eigenvalue weighted by Crippen LogP contribution is 2.33. The Kier molecular flexibility index (Phi) is 5.81. The summed E-state index contributed by atoms with van der Waals surface area (Å²) in [5.74, 6) is 1.74. The van der Waals surface area contributed by atoms with Gasteiger partial charge in [0.05, 0.1) is 6.54 Å². The summed E-state index contributed by atoms with van der Waals surface area (Å²) in [6.45, 7) is 1.36. The molecule has 0 saturated heterocycles. The van der Waals surface area contributed by atoms with E-state index < -0.39 is 0 Å². The molecule has 0 aromatic heterocycles. The normalized spacial score (nSPS) is 16.4. The van der Waals surface area contributed by atoms with Crippen molar-refractivity contribution in [3.63, 3.8) is 0 Å². The van der Waals surface area contributed by atoms with Crippen LogP contribution in [0.2, 0.25) is 0 Å². The number of likely N-dealkylation sites (N-methyl/N-ethyl adjacent to an activating group) is 1. The molecule has 0 atom stereocenters. The fourth-order valence-electron chi connectivity index (χ4n) is 4.20. The summed E-state index contributed by atoms with van der Waals surface area (Å²) < 4.78 is 10.8. The standard InChI is InChI=1S/C23H28N2O3/c1-24(15-18-12-13-21-22(14-18)28-17-27-21)16-23(26)25(19-8-4-2-5-9-19)20-10-6-3-7-11-20/h2,4-5,8-9,12-14,20H,3,6-7,10-11,15-17H2,1H3. The highest BCUT2D eigenvalue weighted by Gasteiger charge is 2.27. The maximum atomic E-state index is 13.3. The van der Waals surface area contributed by atoms with Crippen LogP contribution in [-0.2, 0) is 11.3 Å². The van der Waals surface area contributed by atoms with Gasteiger partial charge in [-0.1, -0.05) is 43.5 Å². The van der Waals surface area contributed by atoms with Gasteiger partial charge in [0.25, 0.3) is 0 Å². The first-order valence-electron chi connectivity index (χ1n) is 10.1. The number of benzene rings is 2. The molecule has 1 fully saturated rings. The SMILES string of the molecule is CN(CC(=O)N(c1ccccc1)C1CCCCC1)Cc1ccc2c(c1)OCO2. The minimum atomic E-state index is 0.168. The number of amides is 1. The third kappa shape index (κ3) is 4.30. The zero-order chi connectivity index (χ0) is 19.3. The minimum absolute atomic E-state index is 0.168. The van der Waals surface area contributed by atoms with Crippen molar-refractivity contribution in [3.8, 4) is 11.5 Å². The van der Waals surface area contributed by atoms with Crippen LogP contribution in [0.4, 0.5) is 5.69 Å². The Morgan fingerprint density at radius 1 is 1.00 bits per heavy atom. The molecular weight excluding hydrogens is 352 g/mol. The van der Waals surface area contributed by atoms with E-state index in [1.54, 1.807) is 0 Å². The molecule has 0 radical (unpaired) electrons. The van der Waals surface area contributed by atoms with Crippen molar-refractivity contribution in [3.05, 3.63) is 54.1 Å². The second-order valence-corrected chi connectivity index (χ2v) is 7.75. The molecule has 0 bridgehead atoms. The van der Waals surface area contributed by atoms with Gasteiger partial charge in [-0.15, -0.1) is 0 Å². The van der Waals surface area contributed by atoms with Gasteiger partial charge in [0.1, 0.15) is 0 Å². The molecule has 1 heterocycles. The monoisotopic (exact) mass is 380 g/mol. The number of carbonyl (C=O) groups excluding carboxylic acids is 1. The van der Waals surface area contributed by atoms with Crippen molar-refractivity contribution >= 4 is 11.6 Å². The number of carbonyl (C=O) groups is 1. The Balaban J connectivity index is 1.44. The summed E-state index contributed by atoms with van der Waals surface area (Å²) in [6.07, 6.45) is 5.86. The molecule has 5 nitrogen and oxygen atoms in total. The zero-order valence-corrected chi connectivity index (χ0v) is 16.5. The lowest BCUT2D eigenvalue weighted by molar-refractivity contribution is -0.120. The van der Waals surface area contributed by atoms with Gasteiger partial charge in [-0.3, -0.25) is 9.69 Å². The van der Waals surface area contributed by atoms with E-state index in [0.717, 1.165) is 35.6 Å². The van der Waals surface area contributed by atoms with Crippen LogP contribution in [0.1, 0.15) is 37.7 Å². The molecule has 1 saturated carbocycles. The first-order valence-corrected chi connectivity index (χ1v) is 10.1. The highest BCUT2D eigenvalue weighted by atomic mass is 16.7. The number of hydrogen-bond donors (Lipinski definition) is 0. The third-order valence-electron chi connectivity index (χ3n) is 5.54. The number of anilines is 1. The van der Waals surface area contributed by atoms with Crippen molar-refractivity contribution < 1.29 is 14.3 Å². The summed E-state index contributed by atoms with van der Waals surface area (Å²) in [4.78, 5) is 17.4. The molecule has 1 amide bonds. The van der Waals surface area contributed by atoms with Crippen LogP contribution in [0.25, 0.3) is 0 Å². The van der Waals surface area contributed by atoms with Crippen LogP contribution < -0.4 is 14.4 Å². The average molecular weight is 380 g/mol. The van der Waals surface area contributed by atoms with Gasteiger partial charge in [0, 0.05) is 18.3 Å². The number of hydrogen-bond acceptors (Lipinski definition) is 4. The number of rotatable bonds is 6. The summed E-state index contributed by atoms with van der Waals surface area (Å²) in [6, 6.07) is 16.4. The van der Waals surface area contributed by atoms with E-state index in [2.05, 4.69) is 4.90 Å². The molecule has 5 heteroatoms. The number of nitrogens with zero attached hydrogens (tertiary/aromatic N) is 2. The Bertz CT molecular complexity index is 803. The van der Waals surface area contributed by atoms with Gasteiger partial charge < -0.3 is 14.4 Å². The van der Waals surface area contributed by atoms with Gasteiger partial charge in [0.15, 0.2) is 11.5 Å². The van der Waals surface area contributed by atoms with Crippen molar-refractivity contribution in [2.24, 2.45) is 0 Å². The zero-order valence-electron chi connectivity index (χ0n) is 16.5. The molecule has 0 spiro atoms. The van der Waals surface area contributed by atoms with Crippen LogP contribution in [0.15, 0.2) is 48.5 Å². The van der Waals surface area contributed by atoms with E-state index in [0.29, 0.717) is 19.1 Å². The predicted octanol–water partition coefficient (Wildman–Crippen LogP) is 4.21. The van der Waals surface area contributed by atoms with Crippen LogP contribution in [0.5, 0.6) is 11.5 Å². The van der Waals surface area contributed by atoms with Gasteiger partial charge in [-0.25, -0.2) is 0 Å². The average Bonchev–Trinajstić information content (AvgIpc) is 3.17. The number of para-hydroxylation sites is 1. The Labute approximate surface area is 166 Å². The first-order chi connectivity index (χ1) is 13.7. The quantitative estimate of drug-likeness (QED) is 0.753. The van der Waals surface area contributed by atoms with Crippen molar-refractivity contribution in [1.82, 2.24) is 4.90 Å². The van der Waals surface area contributed by atoms with E-state index >= 15 is 0 Å². The van der Waals surface area contributed by atoms with E-state index in [-0.39, 0.29) is 12.7 Å². The largest absolute Gasteiger partial charge is 0.454 e. The van der Waals surface area contributed by atoms with Crippen LogP contribution in [0.3, 0.4) is 0 Å². The van der Waals surface area contributed by atoms with Gasteiger partial charge in [-0.2, -0.15) is 0 Å². The predicted molar refractivity (Wildman–Crippen MR) is 110 cm³/mol. The maximum absolute atomic E-state index is 13.3. The fourth-order valence-corrected chi connectivity index (χ4v) is 4.20. The van der Waals surface area contributed by atoms with E-state index in [9.17, 15) is 4.79 Å². The van der Waals surface area contributed by atoms with E-state index in [4.69, 9.17) is 9.47 Å². The van der Waals surface area contributed by atoms with Gasteiger partial charge in [-0.05, 0) is 49.7 Å². The second kappa shape index (κ2) is 8.65. The molecule has 0 unspecified atom stereocenters. The molecule has 28 heavy (non-hydrogen) atoms. The van der Waals surface area contributed by atoms with Crippen molar-refractivity contribution in [2.45, 2.75) is 44.7 Å². The molecule has 2 aromatic rings. The van der Waals surface area contributed by atoms with Crippen LogP contribution in [-0.4, -0.2) is 37.2 Å². The van der Waals surface area contributed by atoms with Gasteiger partial charge in [0.2, 0.25) is 12.7 Å². The third-order valence-corrected chi connectivity index (χ3v) is 5.54. The topological polar surface area (TPSA) is 42.0 Å². The van der Waals surface area contributed by atoms with Crippen LogP contribution in [0, 0.1) is 0 Å². The molecule has 2 aliphatic rings. The smallest absolute Gasteiger partial charge is 0.241 e. The lowest BCUT2D eigenvalue weighted by Gasteiger charge is -2.35. The molecule has 2 aromatic carbocycles. The molecule has 148 valence electrons. The lowest BCUT2D eigenvalue weighted by Crippen LogP contribution is -2.46. The van der Waals surface area contributed by atoms with E-state index in [1.165, 1.54) is 19.3 Å². The summed E-state index contributed by atoms with van der Waals surface area (Å²) in [5.41, 5.74) is 2.12. The fraction of sp³-hybridized carbons (Fsp3) is 0.435. The highest BCUT2D eigenvalue weighted by molar-refractivity contribution is 5.95. The number of ether oxygens (including phenoxy) is 2. The summed E-state index contributed by atoms with van der Waals surface area (Å²) in [5, 5.41) is 0. The number of fused-ring (bicyclic) bond motifs is 1. The Morgan fingerprint density at radius 2 is 1.75 bits per heavy atom. The minimum Gasteiger partial charge on any atom is -0.454 e. The van der Waals surface area contributed by atoms with Crippen molar-refractivity contribution in [2.75, 3.05) is 25.3 Å². The summed E-state index contributed by atoms with van der Waals surface area (Å²) in [7, 11) is 1.99. The van der Waals surface area contributed by atoms with Gasteiger partial charge >= 0.3 is 0 Å². The molecule has 0 N–H and O–H groups in total. The summed E-state index contributed by atoms with van der Waals surface area (Å²) >= 11 is 0. The Hall–Kier alpha value is -2.53. The maximum Gasteiger partial charge on any atom is 0.241 e. The Morgan fingerprint density at radius 3 is 2.54 bits per heavy atom.